The first kappa shape index (κ1) is 19.1. The monoisotopic (exact) mass is 351 g/mol. The molecule has 2 heteroatoms. The van der Waals surface area contributed by atoms with Crippen molar-refractivity contribution >= 4 is 0 Å². The van der Waals surface area contributed by atoms with Gasteiger partial charge in [-0.05, 0) is 64.6 Å². The zero-order valence-corrected chi connectivity index (χ0v) is 16.7. The van der Waals surface area contributed by atoms with E-state index in [0.29, 0.717) is 6.04 Å². The summed E-state index contributed by atoms with van der Waals surface area (Å²) in [7, 11) is 0. The van der Waals surface area contributed by atoms with Gasteiger partial charge in [-0.1, -0.05) is 60.2 Å². The fourth-order valence-corrected chi connectivity index (χ4v) is 4.38. The molecule has 0 radical (unpaired) electrons. The van der Waals surface area contributed by atoms with Gasteiger partial charge in [0.15, 0.2) is 0 Å². The highest BCUT2D eigenvalue weighted by Crippen LogP contribution is 2.44. The van der Waals surface area contributed by atoms with Crippen LogP contribution >= 0.6 is 0 Å². The number of benzene rings is 2. The van der Waals surface area contributed by atoms with Crippen LogP contribution in [0.5, 0.6) is 0 Å². The van der Waals surface area contributed by atoms with Crippen molar-refractivity contribution in [3.05, 3.63) is 71.3 Å². The molecule has 1 aliphatic rings. The van der Waals surface area contributed by atoms with Crippen LogP contribution in [-0.2, 0) is 10.2 Å². The van der Waals surface area contributed by atoms with Crippen LogP contribution in [0.25, 0.3) is 0 Å². The first-order chi connectivity index (χ1) is 12.4. The van der Waals surface area contributed by atoms with Gasteiger partial charge < -0.3 is 10.1 Å². The third-order valence-electron chi connectivity index (χ3n) is 5.86. The van der Waals surface area contributed by atoms with E-state index in [9.17, 15) is 0 Å². The van der Waals surface area contributed by atoms with Gasteiger partial charge in [-0.15, -0.1) is 0 Å². The average Bonchev–Trinajstić information content (AvgIpc) is 2.62. The molecule has 0 spiro atoms. The second-order valence-electron chi connectivity index (χ2n) is 8.52. The van der Waals surface area contributed by atoms with Gasteiger partial charge in [0.05, 0.1) is 5.60 Å². The molecule has 1 heterocycles. The Balaban J connectivity index is 1.73. The van der Waals surface area contributed by atoms with Crippen molar-refractivity contribution in [1.82, 2.24) is 5.32 Å². The third-order valence-corrected chi connectivity index (χ3v) is 5.86. The maximum Gasteiger partial charge on any atom is 0.0635 e. The largest absolute Gasteiger partial charge is 0.376 e. The summed E-state index contributed by atoms with van der Waals surface area (Å²) in [5.74, 6) is 0. The summed E-state index contributed by atoms with van der Waals surface area (Å²) in [6.45, 7) is 10.7. The molecule has 0 saturated carbocycles. The smallest absolute Gasteiger partial charge is 0.0635 e. The third kappa shape index (κ3) is 4.55. The molecule has 0 amide bonds. The van der Waals surface area contributed by atoms with Gasteiger partial charge in [0.1, 0.15) is 0 Å². The first-order valence-electron chi connectivity index (χ1n) is 9.90. The summed E-state index contributed by atoms with van der Waals surface area (Å²) in [5, 5.41) is 3.74. The molecular formula is C24H33NO. The number of ether oxygens (including phenoxy) is 1. The SMILES string of the molecule is Cc1ccc([C@]2(CCN[C@@H](C)c3ccccc3)CCOC(C)(C)C2)cc1. The molecule has 26 heavy (non-hydrogen) atoms. The lowest BCUT2D eigenvalue weighted by Gasteiger charge is -2.46. The summed E-state index contributed by atoms with van der Waals surface area (Å²) in [6, 6.07) is 20.2. The topological polar surface area (TPSA) is 21.3 Å². The van der Waals surface area contributed by atoms with Crippen LogP contribution in [0.2, 0.25) is 0 Å². The van der Waals surface area contributed by atoms with Gasteiger partial charge in [0.25, 0.3) is 0 Å². The molecule has 140 valence electrons. The molecule has 1 fully saturated rings. The second kappa shape index (κ2) is 7.94. The molecular weight excluding hydrogens is 318 g/mol. The minimum atomic E-state index is -0.0613. The normalized spacial score (nSPS) is 23.5. The zero-order valence-electron chi connectivity index (χ0n) is 16.7. The molecule has 0 aromatic heterocycles. The van der Waals surface area contributed by atoms with Crippen molar-refractivity contribution in [3.63, 3.8) is 0 Å². The van der Waals surface area contributed by atoms with Crippen molar-refractivity contribution in [2.75, 3.05) is 13.2 Å². The molecule has 0 unspecified atom stereocenters. The van der Waals surface area contributed by atoms with Gasteiger partial charge in [-0.3, -0.25) is 0 Å². The molecule has 1 aliphatic heterocycles. The maximum absolute atomic E-state index is 6.04. The molecule has 2 aromatic carbocycles. The minimum absolute atomic E-state index is 0.0613. The fourth-order valence-electron chi connectivity index (χ4n) is 4.38. The number of hydrogen-bond acceptors (Lipinski definition) is 2. The number of aryl methyl sites for hydroxylation is 1. The van der Waals surface area contributed by atoms with Gasteiger partial charge in [-0.2, -0.15) is 0 Å². The predicted molar refractivity (Wildman–Crippen MR) is 110 cm³/mol. The van der Waals surface area contributed by atoms with Gasteiger partial charge >= 0.3 is 0 Å². The molecule has 0 aliphatic carbocycles. The van der Waals surface area contributed by atoms with Crippen LogP contribution in [0.4, 0.5) is 0 Å². The van der Waals surface area contributed by atoms with E-state index in [1.807, 2.05) is 0 Å². The predicted octanol–water partition coefficient (Wildman–Crippen LogP) is 5.56. The van der Waals surface area contributed by atoms with Crippen molar-refractivity contribution in [2.45, 2.75) is 64.0 Å². The Labute approximate surface area is 159 Å². The molecule has 1 N–H and O–H groups in total. The molecule has 1 saturated heterocycles. The Morgan fingerprint density at radius 2 is 1.73 bits per heavy atom. The Morgan fingerprint density at radius 1 is 1.04 bits per heavy atom. The number of nitrogens with one attached hydrogen (secondary N) is 1. The zero-order chi connectivity index (χ0) is 18.6. The highest BCUT2D eigenvalue weighted by atomic mass is 16.5. The van der Waals surface area contributed by atoms with E-state index in [0.717, 1.165) is 32.4 Å². The van der Waals surface area contributed by atoms with Crippen LogP contribution in [-0.4, -0.2) is 18.8 Å². The second-order valence-corrected chi connectivity index (χ2v) is 8.52. The van der Waals surface area contributed by atoms with Crippen molar-refractivity contribution in [2.24, 2.45) is 0 Å². The van der Waals surface area contributed by atoms with E-state index in [4.69, 9.17) is 4.74 Å². The molecule has 3 rings (SSSR count). The average molecular weight is 352 g/mol. The van der Waals surface area contributed by atoms with Crippen LogP contribution in [0.3, 0.4) is 0 Å². The molecule has 2 aromatic rings. The van der Waals surface area contributed by atoms with E-state index in [1.54, 1.807) is 0 Å². The van der Waals surface area contributed by atoms with Crippen LogP contribution in [0.15, 0.2) is 54.6 Å². The van der Waals surface area contributed by atoms with E-state index in [-0.39, 0.29) is 11.0 Å². The fraction of sp³-hybridized carbons (Fsp3) is 0.500. The standard InChI is InChI=1S/C24H33NO/c1-19-10-12-22(13-11-19)24(15-17-26-23(3,4)18-24)14-16-25-20(2)21-8-6-5-7-9-21/h5-13,20,25H,14-18H2,1-4H3/t20-,24+/m0/s1. The van der Waals surface area contributed by atoms with Crippen molar-refractivity contribution in [1.29, 1.82) is 0 Å². The highest BCUT2D eigenvalue weighted by Gasteiger charge is 2.41. The van der Waals surface area contributed by atoms with Gasteiger partial charge in [0.2, 0.25) is 0 Å². The summed E-state index contributed by atoms with van der Waals surface area (Å²) < 4.78 is 6.04. The summed E-state index contributed by atoms with van der Waals surface area (Å²) in [6.07, 6.45) is 3.31. The lowest BCUT2D eigenvalue weighted by molar-refractivity contribution is -0.0840. The number of rotatable bonds is 6. The van der Waals surface area contributed by atoms with Gasteiger partial charge in [-0.25, -0.2) is 0 Å². The highest BCUT2D eigenvalue weighted by molar-refractivity contribution is 5.30. The van der Waals surface area contributed by atoms with E-state index < -0.39 is 0 Å². The molecule has 0 bridgehead atoms. The molecule has 2 atom stereocenters. The molecule has 2 nitrogen and oxygen atoms in total. The van der Waals surface area contributed by atoms with Crippen LogP contribution in [0, 0.1) is 6.92 Å². The maximum atomic E-state index is 6.04. The lowest BCUT2D eigenvalue weighted by atomic mass is 9.67. The summed E-state index contributed by atoms with van der Waals surface area (Å²) in [4.78, 5) is 0. The quantitative estimate of drug-likeness (QED) is 0.735. The Kier molecular flexibility index (Phi) is 5.84. The number of hydrogen-bond donors (Lipinski definition) is 1. The van der Waals surface area contributed by atoms with Crippen LogP contribution < -0.4 is 5.32 Å². The Hall–Kier alpha value is -1.64. The first-order valence-corrected chi connectivity index (χ1v) is 9.90. The minimum Gasteiger partial charge on any atom is -0.376 e. The van der Waals surface area contributed by atoms with Crippen LogP contribution in [0.1, 0.15) is 62.8 Å². The van der Waals surface area contributed by atoms with Crippen molar-refractivity contribution < 1.29 is 4.74 Å². The van der Waals surface area contributed by atoms with Gasteiger partial charge in [0, 0.05) is 18.1 Å². The van der Waals surface area contributed by atoms with E-state index in [1.165, 1.54) is 16.7 Å². The van der Waals surface area contributed by atoms with Crippen molar-refractivity contribution in [3.8, 4) is 0 Å². The van der Waals surface area contributed by atoms with E-state index >= 15 is 0 Å². The van der Waals surface area contributed by atoms with E-state index in [2.05, 4.69) is 87.6 Å². The Morgan fingerprint density at radius 3 is 2.38 bits per heavy atom. The lowest BCUT2D eigenvalue weighted by Crippen LogP contribution is -2.45. The summed E-state index contributed by atoms with van der Waals surface area (Å²) >= 11 is 0. The Bertz CT molecular complexity index is 692. The summed E-state index contributed by atoms with van der Waals surface area (Å²) in [5.41, 5.74) is 4.27.